The van der Waals surface area contributed by atoms with Gasteiger partial charge >= 0.3 is 0 Å². The number of hydrogen-bond donors (Lipinski definition) is 1. The van der Waals surface area contributed by atoms with Gasteiger partial charge in [0.25, 0.3) is 5.91 Å². The zero-order chi connectivity index (χ0) is 19.0. The summed E-state index contributed by atoms with van der Waals surface area (Å²) in [5.74, 6) is 0.158. The van der Waals surface area contributed by atoms with Crippen molar-refractivity contribution in [1.29, 1.82) is 0 Å². The SMILES string of the molecule is Cc1nc2n(n1)C(=O)C(C(c1cccc(F)c1)N1CCN(CCO)CC1)S2. The number of nitrogens with zero attached hydrogens (tertiary/aromatic N) is 5. The number of aromatic nitrogens is 3. The van der Waals surface area contributed by atoms with E-state index in [2.05, 4.69) is 19.9 Å². The van der Waals surface area contributed by atoms with Crippen molar-refractivity contribution in [3.63, 3.8) is 0 Å². The maximum absolute atomic E-state index is 13.9. The Hall–Kier alpha value is -1.81. The van der Waals surface area contributed by atoms with E-state index >= 15 is 0 Å². The Balaban J connectivity index is 1.62. The minimum absolute atomic E-state index is 0.109. The molecule has 2 unspecified atom stereocenters. The number of aliphatic hydroxyl groups is 1. The van der Waals surface area contributed by atoms with Crippen molar-refractivity contribution >= 4 is 17.7 Å². The van der Waals surface area contributed by atoms with Gasteiger partial charge in [-0.25, -0.2) is 9.37 Å². The first kappa shape index (κ1) is 18.5. The van der Waals surface area contributed by atoms with Crippen molar-refractivity contribution in [2.45, 2.75) is 23.4 Å². The lowest BCUT2D eigenvalue weighted by molar-refractivity contribution is 0.0688. The number of hydrogen-bond acceptors (Lipinski definition) is 7. The number of β-amino-alcohol motifs (C(OH)–C–C–N with tert-alkyl or cyclic N) is 1. The molecular weight excluding hydrogens is 369 g/mol. The molecular formula is C18H22FN5O2S. The molecule has 0 radical (unpaired) electrons. The highest BCUT2D eigenvalue weighted by Crippen LogP contribution is 2.41. The van der Waals surface area contributed by atoms with Gasteiger partial charge in [-0.3, -0.25) is 14.6 Å². The van der Waals surface area contributed by atoms with E-state index in [9.17, 15) is 9.18 Å². The second-order valence-corrected chi connectivity index (χ2v) is 7.94. The topological polar surface area (TPSA) is 74.5 Å². The smallest absolute Gasteiger partial charge is 0.264 e. The first-order chi connectivity index (χ1) is 13.1. The molecule has 1 saturated heterocycles. The molecule has 2 aromatic rings. The minimum Gasteiger partial charge on any atom is -0.395 e. The lowest BCUT2D eigenvalue weighted by Gasteiger charge is -2.40. The molecule has 7 nitrogen and oxygen atoms in total. The average Bonchev–Trinajstić information content (AvgIpc) is 3.15. The Morgan fingerprint density at radius 2 is 2.11 bits per heavy atom. The van der Waals surface area contributed by atoms with E-state index in [0.29, 0.717) is 17.5 Å². The number of rotatable bonds is 5. The van der Waals surface area contributed by atoms with Gasteiger partial charge in [-0.2, -0.15) is 4.68 Å². The molecule has 0 bridgehead atoms. The van der Waals surface area contributed by atoms with Crippen LogP contribution in [0.5, 0.6) is 0 Å². The summed E-state index contributed by atoms with van der Waals surface area (Å²) in [5.41, 5.74) is 0.791. The largest absolute Gasteiger partial charge is 0.395 e. The summed E-state index contributed by atoms with van der Waals surface area (Å²) in [5, 5.41) is 13.5. The molecule has 1 N–H and O–H groups in total. The third kappa shape index (κ3) is 3.64. The fourth-order valence-corrected chi connectivity index (χ4v) is 5.08. The number of aryl methyl sites for hydroxylation is 1. The van der Waals surface area contributed by atoms with Crippen LogP contribution >= 0.6 is 11.8 Å². The van der Waals surface area contributed by atoms with Gasteiger partial charge in [0.15, 0.2) is 5.16 Å². The van der Waals surface area contributed by atoms with Crippen molar-refractivity contribution in [1.82, 2.24) is 24.6 Å². The van der Waals surface area contributed by atoms with Crippen LogP contribution in [0.2, 0.25) is 0 Å². The summed E-state index contributed by atoms with van der Waals surface area (Å²) in [6.45, 7) is 5.66. The number of carbonyl (C=O) groups is 1. The van der Waals surface area contributed by atoms with Gasteiger partial charge in [0, 0.05) is 32.7 Å². The van der Waals surface area contributed by atoms with E-state index in [1.165, 1.54) is 28.6 Å². The Kier molecular flexibility index (Phi) is 5.27. The molecule has 9 heteroatoms. The van der Waals surface area contributed by atoms with Crippen molar-refractivity contribution in [2.24, 2.45) is 0 Å². The summed E-state index contributed by atoms with van der Waals surface area (Å²) in [4.78, 5) is 21.8. The Labute approximate surface area is 161 Å². The van der Waals surface area contributed by atoms with Crippen LogP contribution in [0.25, 0.3) is 0 Å². The maximum Gasteiger partial charge on any atom is 0.264 e. The molecule has 1 aromatic heterocycles. The van der Waals surface area contributed by atoms with E-state index in [0.717, 1.165) is 31.7 Å². The molecule has 144 valence electrons. The second-order valence-electron chi connectivity index (χ2n) is 6.83. The van der Waals surface area contributed by atoms with E-state index < -0.39 is 5.25 Å². The van der Waals surface area contributed by atoms with Crippen LogP contribution < -0.4 is 0 Å². The Bertz CT molecular complexity index is 837. The molecule has 0 amide bonds. The monoisotopic (exact) mass is 391 g/mol. The zero-order valence-corrected chi connectivity index (χ0v) is 15.9. The number of piperazine rings is 1. The van der Waals surface area contributed by atoms with Crippen molar-refractivity contribution in [3.05, 3.63) is 41.5 Å². The number of aliphatic hydroxyl groups excluding tert-OH is 1. The van der Waals surface area contributed by atoms with Gasteiger partial charge in [-0.15, -0.1) is 5.10 Å². The molecule has 2 aliphatic rings. The summed E-state index contributed by atoms with van der Waals surface area (Å²) < 4.78 is 15.3. The van der Waals surface area contributed by atoms with E-state index in [-0.39, 0.29) is 24.4 Å². The molecule has 0 saturated carbocycles. The van der Waals surface area contributed by atoms with Crippen molar-refractivity contribution in [2.75, 3.05) is 39.3 Å². The van der Waals surface area contributed by atoms with Gasteiger partial charge in [0.1, 0.15) is 16.9 Å². The number of carbonyl (C=O) groups excluding carboxylic acids is 1. The summed E-state index contributed by atoms with van der Waals surface area (Å²) in [7, 11) is 0. The van der Waals surface area contributed by atoms with Crippen molar-refractivity contribution in [3.8, 4) is 0 Å². The van der Waals surface area contributed by atoms with Crippen LogP contribution in [0.4, 0.5) is 4.39 Å². The van der Waals surface area contributed by atoms with Gasteiger partial charge in [0.2, 0.25) is 0 Å². The van der Waals surface area contributed by atoms with Gasteiger partial charge in [-0.05, 0) is 24.6 Å². The highest BCUT2D eigenvalue weighted by molar-refractivity contribution is 8.00. The first-order valence-corrected chi connectivity index (χ1v) is 9.92. The highest BCUT2D eigenvalue weighted by Gasteiger charge is 2.43. The number of halogens is 1. The Morgan fingerprint density at radius 3 is 2.78 bits per heavy atom. The molecule has 0 aliphatic carbocycles. The number of thioether (sulfide) groups is 1. The average molecular weight is 391 g/mol. The van der Waals surface area contributed by atoms with E-state index in [4.69, 9.17) is 5.11 Å². The van der Waals surface area contributed by atoms with E-state index in [1.807, 2.05) is 6.07 Å². The fourth-order valence-electron chi connectivity index (χ4n) is 3.77. The van der Waals surface area contributed by atoms with E-state index in [1.54, 1.807) is 13.0 Å². The van der Waals surface area contributed by atoms with Gasteiger partial charge in [0.05, 0.1) is 12.6 Å². The van der Waals surface area contributed by atoms with Crippen LogP contribution in [-0.2, 0) is 0 Å². The number of benzene rings is 1. The quantitative estimate of drug-likeness (QED) is 0.821. The standard InChI is InChI=1S/C18H22FN5O2S/c1-12-20-18-24(21-12)17(26)16(27-18)15(13-3-2-4-14(19)11-13)23-7-5-22(6-8-23)9-10-25/h2-4,11,15-16,25H,5-10H2,1H3. The van der Waals surface area contributed by atoms with Crippen LogP contribution in [0.1, 0.15) is 22.2 Å². The predicted molar refractivity (Wildman–Crippen MR) is 99.3 cm³/mol. The van der Waals surface area contributed by atoms with Gasteiger partial charge < -0.3 is 5.11 Å². The molecule has 0 spiro atoms. The van der Waals surface area contributed by atoms with Gasteiger partial charge in [-0.1, -0.05) is 23.9 Å². The predicted octanol–water partition coefficient (Wildman–Crippen LogP) is 1.19. The highest BCUT2D eigenvalue weighted by atomic mass is 32.2. The first-order valence-electron chi connectivity index (χ1n) is 9.04. The number of fused-ring (bicyclic) bond motifs is 1. The van der Waals surface area contributed by atoms with Crippen LogP contribution in [0.3, 0.4) is 0 Å². The van der Waals surface area contributed by atoms with Crippen LogP contribution in [-0.4, -0.2) is 80.2 Å². The minimum atomic E-state index is -0.410. The Morgan fingerprint density at radius 1 is 1.33 bits per heavy atom. The van der Waals surface area contributed by atoms with Crippen LogP contribution in [0, 0.1) is 12.7 Å². The van der Waals surface area contributed by atoms with Crippen molar-refractivity contribution < 1.29 is 14.3 Å². The molecule has 1 fully saturated rings. The summed E-state index contributed by atoms with van der Waals surface area (Å²) >= 11 is 1.40. The normalized spacial score (nSPS) is 22.2. The molecule has 2 atom stereocenters. The molecule has 1 aromatic carbocycles. The molecule has 3 heterocycles. The third-order valence-corrected chi connectivity index (χ3v) is 6.25. The maximum atomic E-state index is 13.9. The zero-order valence-electron chi connectivity index (χ0n) is 15.1. The summed E-state index contributed by atoms with van der Waals surface area (Å²) in [6, 6.07) is 6.24. The lowest BCUT2D eigenvalue weighted by atomic mass is 10.00. The molecule has 27 heavy (non-hydrogen) atoms. The fraction of sp³-hybridized carbons (Fsp3) is 0.500. The lowest BCUT2D eigenvalue weighted by Crippen LogP contribution is -2.51. The third-order valence-electron chi connectivity index (χ3n) is 5.06. The molecule has 4 rings (SSSR count). The second kappa shape index (κ2) is 7.67. The molecule has 2 aliphatic heterocycles. The summed E-state index contributed by atoms with van der Waals surface area (Å²) in [6.07, 6.45) is 0. The van der Waals surface area contributed by atoms with Crippen LogP contribution in [0.15, 0.2) is 29.4 Å².